The van der Waals surface area contributed by atoms with Crippen molar-refractivity contribution in [3.63, 3.8) is 0 Å². The highest BCUT2D eigenvalue weighted by atomic mass is 32.2. The van der Waals surface area contributed by atoms with Crippen molar-refractivity contribution < 1.29 is 22.3 Å². The second kappa shape index (κ2) is 9.24. The van der Waals surface area contributed by atoms with E-state index >= 15 is 0 Å². The van der Waals surface area contributed by atoms with Crippen LogP contribution in [0.4, 0.5) is 4.39 Å². The highest BCUT2D eigenvalue weighted by Crippen LogP contribution is 2.43. The van der Waals surface area contributed by atoms with E-state index in [1.165, 1.54) is 31.4 Å². The third-order valence-electron chi connectivity index (χ3n) is 5.72. The normalized spacial score (nSPS) is 15.4. The lowest BCUT2D eigenvalue weighted by atomic mass is 9.64. The number of hydrogen-bond donors (Lipinski definition) is 2. The summed E-state index contributed by atoms with van der Waals surface area (Å²) in [6.07, 6.45) is 2.87. The standard InChI is InChI=1S/C22H27FN2O4S/c1-16-4-9-19(30(27,28)25-12-13-29-2)14-20(16)21(26)24-15-22(10-3-11-22)17-5-7-18(23)8-6-17/h4-9,14,25H,3,10-13,15H2,1-2H3,(H,24,26). The number of nitrogens with one attached hydrogen (secondary N) is 2. The summed E-state index contributed by atoms with van der Waals surface area (Å²) in [6.45, 7) is 2.58. The molecular formula is C22H27FN2O4S. The van der Waals surface area contributed by atoms with Crippen molar-refractivity contribution in [3.8, 4) is 0 Å². The maximum Gasteiger partial charge on any atom is 0.251 e. The lowest BCUT2D eigenvalue weighted by Crippen LogP contribution is -2.45. The fourth-order valence-corrected chi connectivity index (χ4v) is 4.73. The molecule has 6 nitrogen and oxygen atoms in total. The molecule has 0 saturated heterocycles. The number of amides is 1. The van der Waals surface area contributed by atoms with Crippen LogP contribution in [0, 0.1) is 12.7 Å². The predicted molar refractivity (Wildman–Crippen MR) is 113 cm³/mol. The molecule has 1 fully saturated rings. The van der Waals surface area contributed by atoms with E-state index in [4.69, 9.17) is 4.74 Å². The van der Waals surface area contributed by atoms with Gasteiger partial charge in [0.25, 0.3) is 5.91 Å². The number of aryl methyl sites for hydroxylation is 1. The van der Waals surface area contributed by atoms with Gasteiger partial charge in [-0.05, 0) is 55.2 Å². The average molecular weight is 435 g/mol. The molecule has 2 aromatic carbocycles. The number of hydrogen-bond acceptors (Lipinski definition) is 4. The molecule has 8 heteroatoms. The van der Waals surface area contributed by atoms with Gasteiger partial charge in [0.2, 0.25) is 10.0 Å². The van der Waals surface area contributed by atoms with E-state index in [1.807, 2.05) is 0 Å². The van der Waals surface area contributed by atoms with E-state index in [-0.39, 0.29) is 35.2 Å². The molecule has 1 saturated carbocycles. The smallest absolute Gasteiger partial charge is 0.251 e. The minimum Gasteiger partial charge on any atom is -0.383 e. The summed E-state index contributed by atoms with van der Waals surface area (Å²) in [7, 11) is -2.25. The zero-order valence-electron chi connectivity index (χ0n) is 17.2. The number of halogens is 1. The van der Waals surface area contributed by atoms with E-state index in [0.29, 0.717) is 17.7 Å². The molecule has 0 bridgehead atoms. The van der Waals surface area contributed by atoms with Gasteiger partial charge in [-0.1, -0.05) is 24.6 Å². The monoisotopic (exact) mass is 434 g/mol. The summed E-state index contributed by atoms with van der Waals surface area (Å²) in [4.78, 5) is 12.9. The Bertz CT molecular complexity index is 1000. The Labute approximate surface area is 176 Å². The molecule has 0 aliphatic heterocycles. The third-order valence-corrected chi connectivity index (χ3v) is 7.18. The fourth-order valence-electron chi connectivity index (χ4n) is 3.69. The molecule has 1 amide bonds. The molecular weight excluding hydrogens is 407 g/mol. The van der Waals surface area contributed by atoms with Crippen molar-refractivity contribution in [2.75, 3.05) is 26.8 Å². The van der Waals surface area contributed by atoms with Gasteiger partial charge in [0.1, 0.15) is 5.82 Å². The SMILES string of the molecule is COCCNS(=O)(=O)c1ccc(C)c(C(=O)NCC2(c3ccc(F)cc3)CCC2)c1. The third kappa shape index (κ3) is 4.88. The molecule has 3 rings (SSSR count). The number of benzene rings is 2. The van der Waals surface area contributed by atoms with Crippen LogP contribution in [0.1, 0.15) is 40.7 Å². The van der Waals surface area contributed by atoms with Crippen LogP contribution >= 0.6 is 0 Å². The minimum atomic E-state index is -3.73. The highest BCUT2D eigenvalue weighted by Gasteiger charge is 2.39. The van der Waals surface area contributed by atoms with Crippen molar-refractivity contribution in [1.82, 2.24) is 10.0 Å². The Morgan fingerprint density at radius 1 is 1.17 bits per heavy atom. The van der Waals surface area contributed by atoms with Crippen LogP contribution in [-0.4, -0.2) is 41.1 Å². The predicted octanol–water partition coefficient (Wildman–Crippen LogP) is 2.91. The number of carbonyl (C=O) groups is 1. The van der Waals surface area contributed by atoms with Crippen LogP contribution in [0.25, 0.3) is 0 Å². The average Bonchev–Trinajstić information content (AvgIpc) is 2.68. The first kappa shape index (κ1) is 22.4. The van der Waals surface area contributed by atoms with Crippen LogP contribution < -0.4 is 10.0 Å². The number of ether oxygens (including phenoxy) is 1. The van der Waals surface area contributed by atoms with E-state index in [9.17, 15) is 17.6 Å². The summed E-state index contributed by atoms with van der Waals surface area (Å²) in [5.41, 5.74) is 1.81. The first-order valence-electron chi connectivity index (χ1n) is 9.91. The molecule has 2 N–H and O–H groups in total. The van der Waals surface area contributed by atoms with Crippen LogP contribution in [0.15, 0.2) is 47.4 Å². The van der Waals surface area contributed by atoms with Crippen LogP contribution in [0.5, 0.6) is 0 Å². The van der Waals surface area contributed by atoms with Gasteiger partial charge >= 0.3 is 0 Å². The first-order valence-corrected chi connectivity index (χ1v) is 11.4. The maximum absolute atomic E-state index is 13.3. The molecule has 0 radical (unpaired) electrons. The minimum absolute atomic E-state index is 0.0336. The fraction of sp³-hybridized carbons (Fsp3) is 0.409. The lowest BCUT2D eigenvalue weighted by Gasteiger charge is -2.42. The molecule has 0 unspecified atom stereocenters. The van der Waals surface area contributed by atoms with E-state index < -0.39 is 10.0 Å². The van der Waals surface area contributed by atoms with Gasteiger partial charge in [-0.25, -0.2) is 17.5 Å². The zero-order valence-corrected chi connectivity index (χ0v) is 18.0. The topological polar surface area (TPSA) is 84.5 Å². The summed E-state index contributed by atoms with van der Waals surface area (Å²) >= 11 is 0. The molecule has 162 valence electrons. The van der Waals surface area contributed by atoms with E-state index in [2.05, 4.69) is 10.0 Å². The zero-order chi connectivity index (χ0) is 21.8. The highest BCUT2D eigenvalue weighted by molar-refractivity contribution is 7.89. The van der Waals surface area contributed by atoms with Gasteiger partial charge in [-0.3, -0.25) is 4.79 Å². The van der Waals surface area contributed by atoms with Gasteiger partial charge in [0.05, 0.1) is 11.5 Å². The van der Waals surface area contributed by atoms with Gasteiger partial charge in [-0.15, -0.1) is 0 Å². The van der Waals surface area contributed by atoms with Gasteiger partial charge in [0.15, 0.2) is 0 Å². The van der Waals surface area contributed by atoms with Crippen molar-refractivity contribution in [2.24, 2.45) is 0 Å². The number of rotatable bonds is 9. The lowest BCUT2D eigenvalue weighted by molar-refractivity contribution is 0.0927. The van der Waals surface area contributed by atoms with Gasteiger partial charge in [0, 0.05) is 31.2 Å². The van der Waals surface area contributed by atoms with Crippen molar-refractivity contribution in [3.05, 3.63) is 65.0 Å². The summed E-state index contributed by atoms with van der Waals surface area (Å²) in [6, 6.07) is 10.9. The Morgan fingerprint density at radius 3 is 2.47 bits per heavy atom. The molecule has 0 atom stereocenters. The summed E-state index contributed by atoms with van der Waals surface area (Å²) < 4.78 is 45.5. The number of methoxy groups -OCH3 is 1. The van der Waals surface area contributed by atoms with E-state index in [1.54, 1.807) is 25.1 Å². The summed E-state index contributed by atoms with van der Waals surface area (Å²) in [5, 5.41) is 2.96. The second-order valence-electron chi connectivity index (χ2n) is 7.69. The van der Waals surface area contributed by atoms with Gasteiger partial charge < -0.3 is 10.1 Å². The van der Waals surface area contributed by atoms with Gasteiger partial charge in [-0.2, -0.15) is 0 Å². The summed E-state index contributed by atoms with van der Waals surface area (Å²) in [5.74, 6) is -0.611. The largest absolute Gasteiger partial charge is 0.383 e. The first-order chi connectivity index (χ1) is 14.3. The molecule has 30 heavy (non-hydrogen) atoms. The Balaban J connectivity index is 1.74. The molecule has 1 aliphatic carbocycles. The molecule has 0 heterocycles. The van der Waals surface area contributed by atoms with Crippen LogP contribution in [0.3, 0.4) is 0 Å². The van der Waals surface area contributed by atoms with Crippen molar-refractivity contribution >= 4 is 15.9 Å². The van der Waals surface area contributed by atoms with Crippen molar-refractivity contribution in [2.45, 2.75) is 36.5 Å². The molecule has 2 aromatic rings. The van der Waals surface area contributed by atoms with Crippen LogP contribution in [0.2, 0.25) is 0 Å². The van der Waals surface area contributed by atoms with Crippen molar-refractivity contribution in [1.29, 1.82) is 0 Å². The molecule has 1 aliphatic rings. The van der Waals surface area contributed by atoms with E-state index in [0.717, 1.165) is 24.8 Å². The Hall–Kier alpha value is -2.29. The second-order valence-corrected chi connectivity index (χ2v) is 9.46. The molecule has 0 aromatic heterocycles. The quantitative estimate of drug-likeness (QED) is 0.595. The Kier molecular flexibility index (Phi) is 6.90. The number of sulfonamides is 1. The Morgan fingerprint density at radius 2 is 1.87 bits per heavy atom. The molecule has 0 spiro atoms. The number of carbonyl (C=O) groups excluding carboxylic acids is 1. The van der Waals surface area contributed by atoms with Crippen LogP contribution in [-0.2, 0) is 20.2 Å². The maximum atomic E-state index is 13.3.